The Morgan fingerprint density at radius 2 is 1.60 bits per heavy atom. The van der Waals surface area contributed by atoms with Crippen LogP contribution in [0.4, 0.5) is 4.79 Å². The van der Waals surface area contributed by atoms with E-state index < -0.39 is 23.7 Å². The number of nitrogens with two attached hydrogens (primary N) is 1. The van der Waals surface area contributed by atoms with Crippen molar-refractivity contribution < 1.29 is 19.1 Å². The van der Waals surface area contributed by atoms with Gasteiger partial charge in [0.15, 0.2) is 0 Å². The van der Waals surface area contributed by atoms with Crippen molar-refractivity contribution in [1.29, 1.82) is 0 Å². The van der Waals surface area contributed by atoms with Crippen molar-refractivity contribution in [1.82, 2.24) is 5.32 Å². The minimum Gasteiger partial charge on any atom is -0.463 e. The highest BCUT2D eigenvalue weighted by Crippen LogP contribution is 2.44. The van der Waals surface area contributed by atoms with E-state index in [-0.39, 0.29) is 12.5 Å². The molecule has 2 aromatic carbocycles. The fourth-order valence-corrected chi connectivity index (χ4v) is 3.73. The Labute approximate surface area is 177 Å². The molecular formula is C24H30N2O4. The van der Waals surface area contributed by atoms with Gasteiger partial charge in [0.05, 0.1) is 0 Å². The summed E-state index contributed by atoms with van der Waals surface area (Å²) < 4.78 is 11.0. The van der Waals surface area contributed by atoms with Gasteiger partial charge in [0.1, 0.15) is 18.2 Å². The molecule has 160 valence electrons. The molecule has 1 atom stereocenters. The summed E-state index contributed by atoms with van der Waals surface area (Å²) in [6, 6.07) is 15.5. The molecule has 3 rings (SSSR count). The monoisotopic (exact) mass is 410 g/mol. The molecule has 2 aromatic rings. The number of nitrogens with one attached hydrogen (secondary N) is 1. The first-order valence-corrected chi connectivity index (χ1v) is 10.3. The molecule has 1 aliphatic carbocycles. The smallest absolute Gasteiger partial charge is 0.408 e. The second-order valence-electron chi connectivity index (χ2n) is 8.49. The number of amides is 1. The number of esters is 1. The summed E-state index contributed by atoms with van der Waals surface area (Å²) in [6.07, 6.45) is 0.342. The summed E-state index contributed by atoms with van der Waals surface area (Å²) in [5.41, 5.74) is 9.57. The van der Waals surface area contributed by atoms with Crippen LogP contribution in [-0.4, -0.2) is 36.9 Å². The Bertz CT molecular complexity index is 859. The fourth-order valence-electron chi connectivity index (χ4n) is 3.73. The summed E-state index contributed by atoms with van der Waals surface area (Å²) in [5, 5.41) is 2.63. The number of rotatable bonds is 7. The van der Waals surface area contributed by atoms with E-state index >= 15 is 0 Å². The second-order valence-corrected chi connectivity index (χ2v) is 8.49. The van der Waals surface area contributed by atoms with Crippen LogP contribution in [0, 0.1) is 0 Å². The summed E-state index contributed by atoms with van der Waals surface area (Å²) in [6.45, 7) is 5.95. The Morgan fingerprint density at radius 3 is 2.13 bits per heavy atom. The summed E-state index contributed by atoms with van der Waals surface area (Å²) in [7, 11) is 0. The van der Waals surface area contributed by atoms with Crippen molar-refractivity contribution in [2.75, 3.05) is 13.2 Å². The van der Waals surface area contributed by atoms with Crippen molar-refractivity contribution >= 4 is 12.1 Å². The fraction of sp³-hybridized carbons (Fsp3) is 0.417. The Balaban J connectivity index is 1.70. The maximum Gasteiger partial charge on any atom is 0.408 e. The number of carbonyl (C=O) groups is 2. The van der Waals surface area contributed by atoms with Crippen molar-refractivity contribution in [2.24, 2.45) is 5.73 Å². The van der Waals surface area contributed by atoms with Gasteiger partial charge < -0.3 is 20.5 Å². The predicted molar refractivity (Wildman–Crippen MR) is 116 cm³/mol. The molecule has 3 N–H and O–H groups in total. The SMILES string of the molecule is CC(C)(C)OC(=O)N[C@@H](CCCN)C(=O)OCC1c2ccccc2-c2ccccc21. The lowest BCUT2D eigenvalue weighted by molar-refractivity contribution is -0.146. The minimum atomic E-state index is -0.796. The lowest BCUT2D eigenvalue weighted by atomic mass is 9.98. The van der Waals surface area contributed by atoms with Crippen LogP contribution in [0.1, 0.15) is 50.7 Å². The third-order valence-electron chi connectivity index (χ3n) is 5.03. The first kappa shape index (κ1) is 21.8. The van der Waals surface area contributed by atoms with Crippen molar-refractivity contribution in [3.05, 3.63) is 59.7 Å². The zero-order valence-electron chi connectivity index (χ0n) is 17.8. The van der Waals surface area contributed by atoms with Crippen LogP contribution in [0.5, 0.6) is 0 Å². The summed E-state index contributed by atoms with van der Waals surface area (Å²) in [4.78, 5) is 24.9. The molecule has 0 radical (unpaired) electrons. The molecule has 0 aliphatic heterocycles. The van der Waals surface area contributed by atoms with E-state index in [2.05, 4.69) is 29.6 Å². The van der Waals surface area contributed by atoms with E-state index in [9.17, 15) is 9.59 Å². The van der Waals surface area contributed by atoms with Crippen molar-refractivity contribution in [2.45, 2.75) is 51.2 Å². The van der Waals surface area contributed by atoms with Crippen LogP contribution in [0.3, 0.4) is 0 Å². The number of hydrogen-bond donors (Lipinski definition) is 2. The normalized spacial score (nSPS) is 13.9. The van der Waals surface area contributed by atoms with Crippen molar-refractivity contribution in [3.63, 3.8) is 0 Å². The summed E-state index contributed by atoms with van der Waals surface area (Å²) >= 11 is 0. The van der Waals surface area contributed by atoms with E-state index in [1.165, 1.54) is 11.1 Å². The van der Waals surface area contributed by atoms with Gasteiger partial charge in [-0.25, -0.2) is 9.59 Å². The molecule has 6 heteroatoms. The van der Waals surface area contributed by atoms with E-state index in [1.807, 2.05) is 24.3 Å². The first-order valence-electron chi connectivity index (χ1n) is 10.3. The average molecular weight is 411 g/mol. The van der Waals surface area contributed by atoms with Gasteiger partial charge in [0.2, 0.25) is 0 Å². The maximum atomic E-state index is 12.8. The quantitative estimate of drug-likeness (QED) is 0.674. The highest BCUT2D eigenvalue weighted by atomic mass is 16.6. The molecule has 0 unspecified atom stereocenters. The highest BCUT2D eigenvalue weighted by molar-refractivity contribution is 5.82. The molecule has 0 heterocycles. The van der Waals surface area contributed by atoms with Gasteiger partial charge in [0, 0.05) is 5.92 Å². The van der Waals surface area contributed by atoms with E-state index in [0.29, 0.717) is 19.4 Å². The Morgan fingerprint density at radius 1 is 1.03 bits per heavy atom. The number of benzene rings is 2. The van der Waals surface area contributed by atoms with Gasteiger partial charge in [-0.15, -0.1) is 0 Å². The third kappa shape index (κ3) is 5.19. The molecular weight excluding hydrogens is 380 g/mol. The highest BCUT2D eigenvalue weighted by Gasteiger charge is 2.31. The number of ether oxygens (including phenoxy) is 2. The zero-order valence-corrected chi connectivity index (χ0v) is 17.8. The summed E-state index contributed by atoms with van der Waals surface area (Å²) in [5.74, 6) is -0.505. The van der Waals surface area contributed by atoms with E-state index in [1.54, 1.807) is 20.8 Å². The van der Waals surface area contributed by atoms with Gasteiger partial charge in [-0.2, -0.15) is 0 Å². The first-order chi connectivity index (χ1) is 14.3. The minimum absolute atomic E-state index is 0.0296. The molecule has 0 spiro atoms. The Hall–Kier alpha value is -2.86. The molecule has 1 amide bonds. The van der Waals surface area contributed by atoms with Crippen molar-refractivity contribution in [3.8, 4) is 11.1 Å². The van der Waals surface area contributed by atoms with Crippen LogP contribution in [0.15, 0.2) is 48.5 Å². The van der Waals surface area contributed by atoms with Crippen LogP contribution < -0.4 is 11.1 Å². The standard InChI is InChI=1S/C24H30N2O4/c1-24(2,3)30-23(28)26-21(13-8-14-25)22(27)29-15-20-18-11-6-4-9-16(18)17-10-5-7-12-19(17)20/h4-7,9-12,20-21H,8,13-15,25H2,1-3H3,(H,26,28)/t21-/m0/s1. The van der Waals surface area contributed by atoms with Crippen LogP contribution in [0.25, 0.3) is 11.1 Å². The largest absolute Gasteiger partial charge is 0.463 e. The lowest BCUT2D eigenvalue weighted by Gasteiger charge is -2.23. The number of hydrogen-bond acceptors (Lipinski definition) is 5. The van der Waals surface area contributed by atoms with Gasteiger partial charge >= 0.3 is 12.1 Å². The van der Waals surface area contributed by atoms with Crippen LogP contribution >= 0.6 is 0 Å². The maximum absolute atomic E-state index is 12.8. The molecule has 0 saturated heterocycles. The molecule has 0 aromatic heterocycles. The van der Waals surface area contributed by atoms with E-state index in [4.69, 9.17) is 15.2 Å². The van der Waals surface area contributed by atoms with Gasteiger partial charge in [-0.1, -0.05) is 48.5 Å². The number of alkyl carbamates (subject to hydrolysis) is 1. The molecule has 30 heavy (non-hydrogen) atoms. The average Bonchev–Trinajstić information content (AvgIpc) is 3.02. The molecule has 0 fully saturated rings. The van der Waals surface area contributed by atoms with E-state index in [0.717, 1.165) is 11.1 Å². The lowest BCUT2D eigenvalue weighted by Crippen LogP contribution is -2.44. The van der Waals surface area contributed by atoms with Gasteiger partial charge in [0.25, 0.3) is 0 Å². The Kier molecular flexibility index (Phi) is 6.77. The van der Waals surface area contributed by atoms with Gasteiger partial charge in [-0.05, 0) is 62.4 Å². The van der Waals surface area contributed by atoms with Gasteiger partial charge in [-0.3, -0.25) is 0 Å². The molecule has 0 saturated carbocycles. The second kappa shape index (κ2) is 9.30. The molecule has 0 bridgehead atoms. The topological polar surface area (TPSA) is 90.6 Å². The number of carbonyl (C=O) groups excluding carboxylic acids is 2. The van der Waals surface area contributed by atoms with Crippen LogP contribution in [0.2, 0.25) is 0 Å². The molecule has 6 nitrogen and oxygen atoms in total. The number of fused-ring (bicyclic) bond motifs is 3. The third-order valence-corrected chi connectivity index (χ3v) is 5.03. The predicted octanol–water partition coefficient (Wildman–Crippen LogP) is 3.97. The molecule has 1 aliphatic rings. The zero-order chi connectivity index (χ0) is 21.7. The van der Waals surface area contributed by atoms with Crippen LogP contribution in [-0.2, 0) is 14.3 Å².